The molecular formula is C10H11N5O4S. The average molecular weight is 297 g/mol. The number of sulfonamides is 1. The summed E-state index contributed by atoms with van der Waals surface area (Å²) in [5.74, 6) is -0.610. The summed E-state index contributed by atoms with van der Waals surface area (Å²) < 4.78 is 26.1. The summed E-state index contributed by atoms with van der Waals surface area (Å²) in [6, 6.07) is 2.32. The number of hydrogen-bond donors (Lipinski definition) is 3. The topological polar surface area (TPSA) is 138 Å². The van der Waals surface area contributed by atoms with Crippen LogP contribution in [0, 0.1) is 0 Å². The first kappa shape index (κ1) is 14.1. The van der Waals surface area contributed by atoms with Crippen LogP contribution in [0.2, 0.25) is 0 Å². The number of nitrogens with zero attached hydrogens (tertiary/aromatic N) is 3. The zero-order chi connectivity index (χ0) is 14.6. The first-order valence-corrected chi connectivity index (χ1v) is 7.00. The van der Waals surface area contributed by atoms with E-state index in [0.717, 1.165) is 12.3 Å². The Morgan fingerprint density at radius 1 is 1.35 bits per heavy atom. The van der Waals surface area contributed by atoms with E-state index < -0.39 is 16.0 Å². The van der Waals surface area contributed by atoms with Gasteiger partial charge < -0.3 is 5.11 Å². The quantitative estimate of drug-likeness (QED) is 0.648. The molecule has 0 spiro atoms. The number of aromatic carboxylic acids is 1. The van der Waals surface area contributed by atoms with E-state index in [1.54, 1.807) is 0 Å². The minimum Gasteiger partial charge on any atom is -0.478 e. The van der Waals surface area contributed by atoms with Gasteiger partial charge in [0.2, 0.25) is 0 Å². The van der Waals surface area contributed by atoms with Gasteiger partial charge in [-0.1, -0.05) is 0 Å². The number of carboxylic acids is 1. The van der Waals surface area contributed by atoms with Crippen LogP contribution in [0.25, 0.3) is 0 Å². The first-order valence-electron chi connectivity index (χ1n) is 5.52. The van der Waals surface area contributed by atoms with E-state index in [2.05, 4.69) is 24.9 Å². The fraction of sp³-hybridized carbons (Fsp3) is 0.200. The number of hydrogen-bond acceptors (Lipinski definition) is 6. The van der Waals surface area contributed by atoms with Crippen molar-refractivity contribution in [1.29, 1.82) is 0 Å². The minimum atomic E-state index is -3.77. The molecule has 106 valence electrons. The zero-order valence-electron chi connectivity index (χ0n) is 10.1. The summed E-state index contributed by atoms with van der Waals surface area (Å²) in [6.45, 7) is 0.125. The van der Waals surface area contributed by atoms with Crippen molar-refractivity contribution in [2.45, 2.75) is 11.4 Å². The van der Waals surface area contributed by atoms with Gasteiger partial charge >= 0.3 is 5.97 Å². The largest absolute Gasteiger partial charge is 0.478 e. The molecule has 0 fully saturated rings. The third kappa shape index (κ3) is 3.36. The van der Waals surface area contributed by atoms with Crippen LogP contribution in [0.4, 0.5) is 0 Å². The monoisotopic (exact) mass is 297 g/mol. The lowest BCUT2D eigenvalue weighted by atomic mass is 10.3. The van der Waals surface area contributed by atoms with Crippen LogP contribution in [-0.2, 0) is 16.4 Å². The highest BCUT2D eigenvalue weighted by Gasteiger charge is 2.16. The molecule has 0 amide bonds. The fourth-order valence-electron chi connectivity index (χ4n) is 1.39. The van der Waals surface area contributed by atoms with Crippen LogP contribution in [0.1, 0.15) is 16.2 Å². The van der Waals surface area contributed by atoms with Crippen LogP contribution in [0.3, 0.4) is 0 Å². The Morgan fingerprint density at radius 2 is 2.15 bits per heavy atom. The lowest BCUT2D eigenvalue weighted by molar-refractivity contribution is 0.0696. The van der Waals surface area contributed by atoms with E-state index >= 15 is 0 Å². The normalized spacial score (nSPS) is 11.4. The molecule has 0 aliphatic carbocycles. The zero-order valence-corrected chi connectivity index (χ0v) is 11.0. The van der Waals surface area contributed by atoms with Gasteiger partial charge in [0.25, 0.3) is 10.0 Å². The Balaban J connectivity index is 2.00. The maximum Gasteiger partial charge on any atom is 0.337 e. The standard InChI is InChI=1S/C10H11N5O4S/c16-10(17)7-1-2-9(11-5-7)20(18,19)14-4-3-8-12-6-13-15-8/h1-2,5-6,14H,3-4H2,(H,16,17)(H,12,13,15). The van der Waals surface area contributed by atoms with Crippen LogP contribution in [0.5, 0.6) is 0 Å². The SMILES string of the molecule is O=C(O)c1ccc(S(=O)(=O)NCCc2ncn[nH]2)nc1. The van der Waals surface area contributed by atoms with Crippen molar-refractivity contribution in [3.8, 4) is 0 Å². The Morgan fingerprint density at radius 3 is 2.70 bits per heavy atom. The molecule has 0 saturated heterocycles. The van der Waals surface area contributed by atoms with E-state index in [0.29, 0.717) is 12.2 Å². The molecule has 0 aliphatic heterocycles. The van der Waals surface area contributed by atoms with Gasteiger partial charge in [-0.15, -0.1) is 0 Å². The Labute approximate surface area is 114 Å². The smallest absolute Gasteiger partial charge is 0.337 e. The number of carboxylic acid groups (broad SMARTS) is 1. The molecule has 9 nitrogen and oxygen atoms in total. The molecule has 0 bridgehead atoms. The van der Waals surface area contributed by atoms with Crippen molar-refractivity contribution in [2.75, 3.05) is 6.54 Å². The van der Waals surface area contributed by atoms with Gasteiger partial charge in [-0.2, -0.15) is 5.10 Å². The third-order valence-corrected chi connectivity index (χ3v) is 3.75. The second-order valence-electron chi connectivity index (χ2n) is 3.77. The Hall–Kier alpha value is -2.33. The van der Waals surface area contributed by atoms with Gasteiger partial charge in [0, 0.05) is 19.2 Å². The fourth-order valence-corrected chi connectivity index (χ4v) is 2.35. The molecule has 0 aromatic carbocycles. The second kappa shape index (κ2) is 5.75. The van der Waals surface area contributed by atoms with E-state index in [-0.39, 0.29) is 17.1 Å². The third-order valence-electron chi connectivity index (χ3n) is 2.38. The molecule has 0 unspecified atom stereocenters. The molecule has 20 heavy (non-hydrogen) atoms. The highest BCUT2D eigenvalue weighted by atomic mass is 32.2. The van der Waals surface area contributed by atoms with E-state index in [9.17, 15) is 13.2 Å². The second-order valence-corrected chi connectivity index (χ2v) is 5.48. The molecule has 3 N–H and O–H groups in total. The molecule has 2 rings (SSSR count). The van der Waals surface area contributed by atoms with Crippen molar-refractivity contribution in [3.05, 3.63) is 36.0 Å². The lowest BCUT2D eigenvalue weighted by Gasteiger charge is -2.05. The number of aromatic nitrogens is 4. The molecule has 0 atom stereocenters. The summed E-state index contributed by atoms with van der Waals surface area (Å²) in [5, 5.41) is 14.7. The highest BCUT2D eigenvalue weighted by molar-refractivity contribution is 7.89. The number of rotatable bonds is 6. The number of pyridine rings is 1. The van der Waals surface area contributed by atoms with Crippen LogP contribution in [0.15, 0.2) is 29.7 Å². The number of carbonyl (C=O) groups is 1. The summed E-state index contributed by atoms with van der Waals surface area (Å²) in [6.07, 6.45) is 2.68. The van der Waals surface area contributed by atoms with Crippen LogP contribution >= 0.6 is 0 Å². The predicted octanol–water partition coefficient (Wildman–Crippen LogP) is -0.581. The predicted molar refractivity (Wildman–Crippen MR) is 66.5 cm³/mol. The van der Waals surface area contributed by atoms with Crippen molar-refractivity contribution in [1.82, 2.24) is 24.9 Å². The lowest BCUT2D eigenvalue weighted by Crippen LogP contribution is -2.27. The Bertz CT molecular complexity index is 681. The van der Waals surface area contributed by atoms with E-state index in [1.165, 1.54) is 12.4 Å². The molecule has 2 aromatic rings. The maximum absolute atomic E-state index is 11.9. The minimum absolute atomic E-state index is 0.0781. The summed E-state index contributed by atoms with van der Waals surface area (Å²) in [4.78, 5) is 18.1. The van der Waals surface area contributed by atoms with Crippen molar-refractivity contribution < 1.29 is 18.3 Å². The number of H-pyrrole nitrogens is 1. The Kier molecular flexibility index (Phi) is 4.05. The molecule has 0 radical (unpaired) electrons. The van der Waals surface area contributed by atoms with Crippen molar-refractivity contribution >= 4 is 16.0 Å². The molecule has 2 heterocycles. The first-order chi connectivity index (χ1) is 9.49. The van der Waals surface area contributed by atoms with Crippen molar-refractivity contribution in [2.24, 2.45) is 0 Å². The van der Waals surface area contributed by atoms with Crippen LogP contribution in [-0.4, -0.2) is 46.2 Å². The van der Waals surface area contributed by atoms with E-state index in [1.807, 2.05) is 0 Å². The van der Waals surface area contributed by atoms with Crippen LogP contribution < -0.4 is 4.72 Å². The molecule has 10 heteroatoms. The summed E-state index contributed by atoms with van der Waals surface area (Å²) >= 11 is 0. The number of nitrogens with one attached hydrogen (secondary N) is 2. The molecule has 2 aromatic heterocycles. The highest BCUT2D eigenvalue weighted by Crippen LogP contribution is 2.06. The van der Waals surface area contributed by atoms with Gasteiger partial charge in [0.1, 0.15) is 12.2 Å². The van der Waals surface area contributed by atoms with E-state index in [4.69, 9.17) is 5.11 Å². The molecular weight excluding hydrogens is 286 g/mol. The summed E-state index contributed by atoms with van der Waals surface area (Å²) in [5.41, 5.74) is -0.0781. The van der Waals surface area contributed by atoms with Gasteiger partial charge in [0.05, 0.1) is 5.56 Å². The van der Waals surface area contributed by atoms with Crippen molar-refractivity contribution in [3.63, 3.8) is 0 Å². The maximum atomic E-state index is 11.9. The number of aromatic amines is 1. The van der Waals surface area contributed by atoms with Gasteiger partial charge in [-0.25, -0.2) is 27.9 Å². The van der Waals surface area contributed by atoms with Gasteiger partial charge in [-0.3, -0.25) is 5.10 Å². The average Bonchev–Trinajstić information content (AvgIpc) is 2.92. The van der Waals surface area contributed by atoms with Gasteiger partial charge in [-0.05, 0) is 12.1 Å². The summed E-state index contributed by atoms with van der Waals surface area (Å²) in [7, 11) is -3.77. The van der Waals surface area contributed by atoms with Gasteiger partial charge in [0.15, 0.2) is 5.03 Å². The molecule has 0 saturated carbocycles. The molecule has 0 aliphatic rings.